The van der Waals surface area contributed by atoms with Gasteiger partial charge in [-0.1, -0.05) is 0 Å². The Morgan fingerprint density at radius 2 is 2.11 bits per heavy atom. The van der Waals surface area contributed by atoms with Crippen LogP contribution in [0.3, 0.4) is 0 Å². The summed E-state index contributed by atoms with van der Waals surface area (Å²) >= 11 is 0. The number of rotatable bonds is 6. The first kappa shape index (κ1) is 14.5. The average Bonchev–Trinajstić information content (AvgIpc) is 2.84. The highest BCUT2D eigenvalue weighted by Crippen LogP contribution is 2.15. The monoisotopic (exact) mass is 268 g/mol. The third kappa shape index (κ3) is 4.62. The third-order valence-corrected chi connectivity index (χ3v) is 3.42. The molecule has 0 saturated carbocycles. The van der Waals surface area contributed by atoms with Crippen LogP contribution in [0.15, 0.2) is 16.5 Å². The third-order valence-electron chi connectivity index (χ3n) is 3.42. The highest BCUT2D eigenvalue weighted by atomic mass is 16.5. The van der Waals surface area contributed by atoms with E-state index in [1.165, 1.54) is 0 Å². The summed E-state index contributed by atoms with van der Waals surface area (Å²) in [5.74, 6) is 1.83. The van der Waals surface area contributed by atoms with E-state index in [-0.39, 0.29) is 12.1 Å². The number of nitrogens with zero attached hydrogens (tertiary/aromatic N) is 1. The van der Waals surface area contributed by atoms with E-state index in [0.717, 1.165) is 37.8 Å². The number of β-amino-alcohol motifs (C(OH)–C–C–N with tert-alkyl or cyclic N) is 1. The van der Waals surface area contributed by atoms with Gasteiger partial charge in [0, 0.05) is 26.2 Å². The Labute approximate surface area is 114 Å². The molecule has 0 amide bonds. The SMILES string of the molecule is Cc1ccc(C(C)NCC(O)CN2CCOCC2)o1. The molecule has 0 aliphatic carbocycles. The van der Waals surface area contributed by atoms with Gasteiger partial charge in [0.05, 0.1) is 25.4 Å². The maximum atomic E-state index is 10.0. The fourth-order valence-corrected chi connectivity index (χ4v) is 2.25. The van der Waals surface area contributed by atoms with Gasteiger partial charge in [0.1, 0.15) is 11.5 Å². The summed E-state index contributed by atoms with van der Waals surface area (Å²) in [4.78, 5) is 2.23. The molecule has 0 radical (unpaired) electrons. The largest absolute Gasteiger partial charge is 0.465 e. The summed E-state index contributed by atoms with van der Waals surface area (Å²) < 4.78 is 10.8. The molecular weight excluding hydrogens is 244 g/mol. The van der Waals surface area contributed by atoms with E-state index in [2.05, 4.69) is 10.2 Å². The predicted molar refractivity (Wildman–Crippen MR) is 73.1 cm³/mol. The highest BCUT2D eigenvalue weighted by molar-refractivity contribution is 5.08. The molecule has 2 heterocycles. The second kappa shape index (κ2) is 7.05. The molecule has 108 valence electrons. The van der Waals surface area contributed by atoms with Gasteiger partial charge >= 0.3 is 0 Å². The maximum absolute atomic E-state index is 10.0. The van der Waals surface area contributed by atoms with E-state index in [4.69, 9.17) is 9.15 Å². The summed E-state index contributed by atoms with van der Waals surface area (Å²) in [5, 5.41) is 13.3. The van der Waals surface area contributed by atoms with Gasteiger partial charge in [-0.2, -0.15) is 0 Å². The number of aliphatic hydroxyl groups is 1. The van der Waals surface area contributed by atoms with Crippen molar-refractivity contribution in [3.8, 4) is 0 Å². The standard InChI is InChI=1S/C14H24N2O3/c1-11-3-4-14(19-11)12(2)15-9-13(17)10-16-5-7-18-8-6-16/h3-4,12-13,15,17H,5-10H2,1-2H3. The van der Waals surface area contributed by atoms with Crippen molar-refractivity contribution >= 4 is 0 Å². The number of morpholine rings is 1. The summed E-state index contributed by atoms with van der Waals surface area (Å²) in [6, 6.07) is 4.05. The van der Waals surface area contributed by atoms with Crippen molar-refractivity contribution in [1.29, 1.82) is 0 Å². The van der Waals surface area contributed by atoms with E-state index in [0.29, 0.717) is 13.1 Å². The van der Waals surface area contributed by atoms with Crippen LogP contribution in [0.25, 0.3) is 0 Å². The molecule has 0 aromatic carbocycles. The van der Waals surface area contributed by atoms with Crippen LogP contribution in [0.4, 0.5) is 0 Å². The van der Waals surface area contributed by atoms with Crippen LogP contribution in [0.2, 0.25) is 0 Å². The second-order valence-corrected chi connectivity index (χ2v) is 5.15. The lowest BCUT2D eigenvalue weighted by atomic mass is 10.2. The van der Waals surface area contributed by atoms with Gasteiger partial charge in [-0.05, 0) is 26.0 Å². The molecule has 2 atom stereocenters. The molecule has 0 bridgehead atoms. The van der Waals surface area contributed by atoms with Crippen LogP contribution < -0.4 is 5.32 Å². The predicted octanol–water partition coefficient (Wildman–Crippen LogP) is 0.932. The minimum atomic E-state index is -0.364. The van der Waals surface area contributed by atoms with Crippen LogP contribution in [0, 0.1) is 6.92 Å². The van der Waals surface area contributed by atoms with Gasteiger partial charge < -0.3 is 19.6 Å². The van der Waals surface area contributed by atoms with Crippen LogP contribution in [0.5, 0.6) is 0 Å². The molecule has 2 N–H and O–H groups in total. The molecule has 2 rings (SSSR count). The van der Waals surface area contributed by atoms with Crippen molar-refractivity contribution in [2.75, 3.05) is 39.4 Å². The molecule has 1 saturated heterocycles. The molecule has 5 heteroatoms. The second-order valence-electron chi connectivity index (χ2n) is 5.15. The molecule has 5 nitrogen and oxygen atoms in total. The number of hydrogen-bond donors (Lipinski definition) is 2. The number of nitrogens with one attached hydrogen (secondary N) is 1. The van der Waals surface area contributed by atoms with Gasteiger partial charge in [-0.25, -0.2) is 0 Å². The Kier molecular flexibility index (Phi) is 5.39. The van der Waals surface area contributed by atoms with E-state index in [9.17, 15) is 5.11 Å². The van der Waals surface area contributed by atoms with Crippen molar-refractivity contribution in [2.24, 2.45) is 0 Å². The van der Waals surface area contributed by atoms with Crippen molar-refractivity contribution in [3.63, 3.8) is 0 Å². The minimum Gasteiger partial charge on any atom is -0.465 e. The number of aliphatic hydroxyl groups excluding tert-OH is 1. The lowest BCUT2D eigenvalue weighted by Gasteiger charge is -2.28. The molecule has 0 spiro atoms. The number of furan rings is 1. The van der Waals surface area contributed by atoms with Crippen LogP contribution in [0.1, 0.15) is 24.5 Å². The Morgan fingerprint density at radius 3 is 2.74 bits per heavy atom. The first-order valence-electron chi connectivity index (χ1n) is 6.93. The van der Waals surface area contributed by atoms with Crippen molar-refractivity contribution in [2.45, 2.75) is 26.0 Å². The summed E-state index contributed by atoms with van der Waals surface area (Å²) in [6.07, 6.45) is -0.364. The van der Waals surface area contributed by atoms with E-state index in [1.54, 1.807) is 0 Å². The fraction of sp³-hybridized carbons (Fsp3) is 0.714. The Hall–Kier alpha value is -0.880. The fourth-order valence-electron chi connectivity index (χ4n) is 2.25. The molecule has 1 aliphatic rings. The molecular formula is C14H24N2O3. The normalized spacial score (nSPS) is 20.4. The maximum Gasteiger partial charge on any atom is 0.120 e. The number of hydrogen-bond acceptors (Lipinski definition) is 5. The topological polar surface area (TPSA) is 57.9 Å². The molecule has 1 fully saturated rings. The highest BCUT2D eigenvalue weighted by Gasteiger charge is 2.16. The van der Waals surface area contributed by atoms with Gasteiger partial charge in [-0.15, -0.1) is 0 Å². The zero-order valence-corrected chi connectivity index (χ0v) is 11.8. The Balaban J connectivity index is 1.69. The van der Waals surface area contributed by atoms with Gasteiger partial charge in [-0.3, -0.25) is 4.90 Å². The van der Waals surface area contributed by atoms with Crippen molar-refractivity contribution in [1.82, 2.24) is 10.2 Å². The molecule has 1 aromatic heterocycles. The quantitative estimate of drug-likeness (QED) is 0.804. The first-order chi connectivity index (χ1) is 9.15. The van der Waals surface area contributed by atoms with E-state index < -0.39 is 0 Å². The molecule has 19 heavy (non-hydrogen) atoms. The zero-order chi connectivity index (χ0) is 13.7. The smallest absolute Gasteiger partial charge is 0.120 e. The Bertz CT molecular complexity index is 375. The van der Waals surface area contributed by atoms with Crippen LogP contribution >= 0.6 is 0 Å². The zero-order valence-electron chi connectivity index (χ0n) is 11.8. The summed E-state index contributed by atoms with van der Waals surface area (Å²) in [6.45, 7) is 8.58. The van der Waals surface area contributed by atoms with Crippen LogP contribution in [-0.4, -0.2) is 55.5 Å². The average molecular weight is 268 g/mol. The van der Waals surface area contributed by atoms with Crippen molar-refractivity contribution < 1.29 is 14.3 Å². The van der Waals surface area contributed by atoms with Gasteiger partial charge in [0.15, 0.2) is 0 Å². The van der Waals surface area contributed by atoms with Gasteiger partial charge in [0.2, 0.25) is 0 Å². The van der Waals surface area contributed by atoms with Crippen molar-refractivity contribution in [3.05, 3.63) is 23.7 Å². The van der Waals surface area contributed by atoms with Gasteiger partial charge in [0.25, 0.3) is 0 Å². The molecule has 2 unspecified atom stereocenters. The minimum absolute atomic E-state index is 0.119. The van der Waals surface area contributed by atoms with E-state index in [1.807, 2.05) is 26.0 Å². The van der Waals surface area contributed by atoms with Crippen LogP contribution in [-0.2, 0) is 4.74 Å². The summed E-state index contributed by atoms with van der Waals surface area (Å²) in [7, 11) is 0. The molecule has 1 aromatic rings. The Morgan fingerprint density at radius 1 is 1.37 bits per heavy atom. The first-order valence-corrected chi connectivity index (χ1v) is 6.93. The lowest BCUT2D eigenvalue weighted by Crippen LogP contribution is -2.44. The van der Waals surface area contributed by atoms with E-state index >= 15 is 0 Å². The summed E-state index contributed by atoms with van der Waals surface area (Å²) in [5.41, 5.74) is 0. The number of aryl methyl sites for hydroxylation is 1. The number of ether oxygens (including phenoxy) is 1. The molecule has 1 aliphatic heterocycles. The lowest BCUT2D eigenvalue weighted by molar-refractivity contribution is 0.0144.